The van der Waals surface area contributed by atoms with Crippen LogP contribution in [0.15, 0.2) is 36.7 Å². The summed E-state index contributed by atoms with van der Waals surface area (Å²) in [6, 6.07) is 7.18. The first-order valence-corrected chi connectivity index (χ1v) is 8.40. The van der Waals surface area contributed by atoms with E-state index in [0.29, 0.717) is 17.1 Å². The Labute approximate surface area is 160 Å². The van der Waals surface area contributed by atoms with Crippen LogP contribution in [0.3, 0.4) is 0 Å². The normalized spacial score (nSPS) is 11.3. The average molecular weight is 384 g/mol. The van der Waals surface area contributed by atoms with Crippen LogP contribution in [0.25, 0.3) is 5.69 Å². The second-order valence-corrected chi connectivity index (χ2v) is 6.63. The first kappa shape index (κ1) is 19.1. The molecule has 0 radical (unpaired) electrons. The molecule has 28 heavy (non-hydrogen) atoms. The minimum absolute atomic E-state index is 0.154. The number of methoxy groups -OCH3 is 1. The van der Waals surface area contributed by atoms with Crippen LogP contribution >= 0.6 is 0 Å². The highest BCUT2D eigenvalue weighted by Crippen LogP contribution is 2.19. The molecule has 0 aliphatic carbocycles. The van der Waals surface area contributed by atoms with E-state index >= 15 is 0 Å². The van der Waals surface area contributed by atoms with Gasteiger partial charge in [0, 0.05) is 6.20 Å². The number of carbonyl (C=O) groups is 2. The number of rotatable bonds is 6. The van der Waals surface area contributed by atoms with Crippen molar-refractivity contribution in [3.63, 3.8) is 0 Å². The molecule has 0 bridgehead atoms. The molecule has 1 amide bonds. The van der Waals surface area contributed by atoms with Gasteiger partial charge in [-0.05, 0) is 45.0 Å². The second-order valence-electron chi connectivity index (χ2n) is 6.63. The van der Waals surface area contributed by atoms with Gasteiger partial charge in [-0.3, -0.25) is 9.48 Å². The van der Waals surface area contributed by atoms with Crippen LogP contribution in [0.1, 0.15) is 30.0 Å². The summed E-state index contributed by atoms with van der Waals surface area (Å²) in [4.78, 5) is 23.9. The van der Waals surface area contributed by atoms with Crippen molar-refractivity contribution in [3.8, 4) is 11.4 Å². The lowest BCUT2D eigenvalue weighted by Gasteiger charge is -2.19. The number of nitrogens with zero attached hydrogens (tertiary/aromatic N) is 5. The van der Waals surface area contributed by atoms with Gasteiger partial charge in [0.15, 0.2) is 11.2 Å². The van der Waals surface area contributed by atoms with Gasteiger partial charge in [-0.15, -0.1) is 5.10 Å². The summed E-state index contributed by atoms with van der Waals surface area (Å²) in [5.41, 5.74) is 0.566. The fourth-order valence-electron chi connectivity index (χ4n) is 2.49. The quantitative estimate of drug-likeness (QED) is 0.664. The maximum absolute atomic E-state index is 12.6. The Kier molecular flexibility index (Phi) is 4.87. The van der Waals surface area contributed by atoms with E-state index in [1.807, 2.05) is 0 Å². The van der Waals surface area contributed by atoms with Gasteiger partial charge in [0.25, 0.3) is 5.91 Å². The van der Waals surface area contributed by atoms with Gasteiger partial charge in [-0.2, -0.15) is 5.10 Å². The zero-order valence-corrected chi connectivity index (χ0v) is 15.9. The third-order valence-corrected chi connectivity index (χ3v) is 4.36. The molecule has 0 fully saturated rings. The molecule has 2 heterocycles. The molecule has 0 aliphatic heterocycles. The fourth-order valence-corrected chi connectivity index (χ4v) is 2.49. The smallest absolute Gasteiger partial charge is 0.331 e. The van der Waals surface area contributed by atoms with Gasteiger partial charge in [-0.25, -0.2) is 9.48 Å². The molecule has 3 rings (SSSR count). The topological polar surface area (TPSA) is 124 Å². The zero-order chi connectivity index (χ0) is 20.5. The summed E-state index contributed by atoms with van der Waals surface area (Å²) < 4.78 is 7.95. The van der Waals surface area contributed by atoms with Crippen molar-refractivity contribution in [2.24, 2.45) is 0 Å². The lowest BCUT2D eigenvalue weighted by atomic mass is 10.1. The number of ether oxygens (including phenoxy) is 1. The summed E-state index contributed by atoms with van der Waals surface area (Å²) in [7, 11) is 1.58. The van der Waals surface area contributed by atoms with E-state index < -0.39 is 17.4 Å². The summed E-state index contributed by atoms with van der Waals surface area (Å²) in [5.74, 6) is -0.794. The molecule has 0 aliphatic rings. The third-order valence-electron chi connectivity index (χ3n) is 4.36. The van der Waals surface area contributed by atoms with Gasteiger partial charge < -0.3 is 15.2 Å². The van der Waals surface area contributed by atoms with E-state index in [4.69, 9.17) is 4.74 Å². The molecule has 0 unspecified atom stereocenters. The number of carboxylic acids is 1. The Hall–Kier alpha value is -3.69. The first-order valence-electron chi connectivity index (χ1n) is 8.40. The van der Waals surface area contributed by atoms with Crippen LogP contribution in [-0.4, -0.2) is 48.9 Å². The summed E-state index contributed by atoms with van der Waals surface area (Å²) >= 11 is 0. The summed E-state index contributed by atoms with van der Waals surface area (Å²) in [5, 5.41) is 23.9. The number of carbonyl (C=O) groups excluding carboxylic acids is 1. The molecule has 3 aromatic rings. The van der Waals surface area contributed by atoms with Crippen LogP contribution in [-0.2, 0) is 10.3 Å². The van der Waals surface area contributed by atoms with Crippen LogP contribution in [0, 0.1) is 6.92 Å². The fraction of sp³-hybridized carbons (Fsp3) is 0.278. The largest absolute Gasteiger partial charge is 0.497 e. The molecule has 0 atom stereocenters. The van der Waals surface area contributed by atoms with E-state index in [-0.39, 0.29) is 5.69 Å². The lowest BCUT2D eigenvalue weighted by molar-refractivity contribution is -0.146. The van der Waals surface area contributed by atoms with Crippen LogP contribution < -0.4 is 10.1 Å². The molecule has 0 saturated heterocycles. The van der Waals surface area contributed by atoms with E-state index in [9.17, 15) is 14.7 Å². The minimum atomic E-state index is -1.24. The Balaban J connectivity index is 1.80. The van der Waals surface area contributed by atoms with Crippen molar-refractivity contribution in [2.45, 2.75) is 26.3 Å². The van der Waals surface area contributed by atoms with Crippen LogP contribution in [0.4, 0.5) is 5.69 Å². The van der Waals surface area contributed by atoms with Crippen molar-refractivity contribution in [1.82, 2.24) is 24.8 Å². The zero-order valence-electron chi connectivity index (χ0n) is 15.9. The SMILES string of the molecule is COc1ccc(-n2nnc(C(=O)Nc3cnn(C(C)(C)C(=O)O)c3)c2C)cc1. The number of aliphatic carboxylic acids is 1. The molecule has 1 aromatic carbocycles. The molecule has 10 nitrogen and oxygen atoms in total. The molecule has 146 valence electrons. The maximum atomic E-state index is 12.6. The van der Waals surface area contributed by atoms with E-state index in [1.54, 1.807) is 43.0 Å². The maximum Gasteiger partial charge on any atom is 0.331 e. The van der Waals surface area contributed by atoms with E-state index in [1.165, 1.54) is 30.9 Å². The van der Waals surface area contributed by atoms with Gasteiger partial charge in [0.1, 0.15) is 5.75 Å². The number of hydrogen-bond donors (Lipinski definition) is 2. The highest BCUT2D eigenvalue weighted by Gasteiger charge is 2.30. The molecular weight excluding hydrogens is 364 g/mol. The number of benzene rings is 1. The molecule has 0 saturated carbocycles. The molecular formula is C18H20N6O4. The van der Waals surface area contributed by atoms with Crippen molar-refractivity contribution in [3.05, 3.63) is 48.0 Å². The first-order chi connectivity index (χ1) is 13.2. The Bertz CT molecular complexity index is 1020. The third kappa shape index (κ3) is 3.43. The number of carboxylic acid groups (broad SMARTS) is 1. The molecule has 2 aromatic heterocycles. The Morgan fingerprint density at radius 2 is 1.89 bits per heavy atom. The highest BCUT2D eigenvalue weighted by atomic mass is 16.5. The summed E-state index contributed by atoms with van der Waals surface area (Å²) in [6.45, 7) is 4.76. The number of anilines is 1. The Morgan fingerprint density at radius 3 is 2.50 bits per heavy atom. The number of amides is 1. The monoisotopic (exact) mass is 384 g/mol. The minimum Gasteiger partial charge on any atom is -0.497 e. The van der Waals surface area contributed by atoms with Crippen LogP contribution in [0.5, 0.6) is 5.75 Å². The van der Waals surface area contributed by atoms with Crippen molar-refractivity contribution in [2.75, 3.05) is 12.4 Å². The highest BCUT2D eigenvalue weighted by molar-refractivity contribution is 6.03. The lowest BCUT2D eigenvalue weighted by Crippen LogP contribution is -2.35. The van der Waals surface area contributed by atoms with Crippen molar-refractivity contribution < 1.29 is 19.4 Å². The van der Waals surface area contributed by atoms with Gasteiger partial charge in [0.2, 0.25) is 0 Å². The average Bonchev–Trinajstić information content (AvgIpc) is 3.28. The predicted molar refractivity (Wildman–Crippen MR) is 99.8 cm³/mol. The Morgan fingerprint density at radius 1 is 1.21 bits per heavy atom. The summed E-state index contributed by atoms with van der Waals surface area (Å²) in [6.07, 6.45) is 2.83. The van der Waals surface area contributed by atoms with E-state index in [0.717, 1.165) is 5.69 Å². The molecule has 0 spiro atoms. The molecule has 2 N–H and O–H groups in total. The van der Waals surface area contributed by atoms with Crippen molar-refractivity contribution in [1.29, 1.82) is 0 Å². The van der Waals surface area contributed by atoms with Gasteiger partial charge >= 0.3 is 5.97 Å². The van der Waals surface area contributed by atoms with E-state index in [2.05, 4.69) is 20.7 Å². The van der Waals surface area contributed by atoms with Crippen molar-refractivity contribution >= 4 is 17.6 Å². The molecule has 10 heteroatoms. The number of hydrogen-bond acceptors (Lipinski definition) is 6. The number of aromatic nitrogens is 5. The van der Waals surface area contributed by atoms with Gasteiger partial charge in [-0.1, -0.05) is 5.21 Å². The van der Waals surface area contributed by atoms with Crippen LogP contribution in [0.2, 0.25) is 0 Å². The van der Waals surface area contributed by atoms with Gasteiger partial charge in [0.05, 0.1) is 30.4 Å². The predicted octanol–water partition coefficient (Wildman–Crippen LogP) is 1.85. The second kappa shape index (κ2) is 7.14. The number of nitrogens with one attached hydrogen (secondary N) is 1. The standard InChI is InChI=1S/C18H20N6O4/c1-11-15(21-22-24(11)13-5-7-14(28-4)8-6-13)16(25)20-12-9-19-23(10-12)18(2,3)17(26)27/h5-10H,1-4H3,(H,20,25)(H,26,27).